The Bertz CT molecular complexity index is 1250. The number of hydrogen-bond acceptors (Lipinski definition) is 4. The molecular weight excluding hydrogens is 488 g/mol. The van der Waals surface area contributed by atoms with Gasteiger partial charge in [-0.3, -0.25) is 9.52 Å². The van der Waals surface area contributed by atoms with Crippen LogP contribution in [-0.4, -0.2) is 24.2 Å². The molecule has 0 saturated heterocycles. The van der Waals surface area contributed by atoms with Gasteiger partial charge in [-0.2, -0.15) is 26.3 Å². The molecule has 0 bridgehead atoms. The standard InChI is InChI=1S/C21H17F6N3O3S/c22-20(23,24)14-3-8-18(21(25,26)27)19(10-14)34(32,33)30-15-4-1-13(2-5-15)9-17(31)7-6-16-11-28-12-29-16/h1-5,8,10-12,30H,6-7,9H2,(H,28,29). The molecule has 0 amide bonds. The first-order chi connectivity index (χ1) is 15.8. The molecule has 1 heterocycles. The summed E-state index contributed by atoms with van der Waals surface area (Å²) in [6, 6.07) is 5.38. The molecule has 0 aliphatic heterocycles. The second kappa shape index (κ2) is 9.49. The third-order valence-corrected chi connectivity index (χ3v) is 6.16. The zero-order chi connectivity index (χ0) is 25.1. The molecule has 0 spiro atoms. The number of aryl methyl sites for hydroxylation is 1. The minimum Gasteiger partial charge on any atom is -0.348 e. The SMILES string of the molecule is O=C(CCc1cnc[nH]1)Cc1ccc(NS(=O)(=O)c2cc(C(F)(F)F)ccc2C(F)(F)F)cc1. The molecule has 0 aliphatic rings. The van der Waals surface area contributed by atoms with Crippen molar-refractivity contribution in [3.05, 3.63) is 77.4 Å². The summed E-state index contributed by atoms with van der Waals surface area (Å²) in [5, 5.41) is 0. The zero-order valence-electron chi connectivity index (χ0n) is 17.2. The van der Waals surface area contributed by atoms with E-state index in [-0.39, 0.29) is 42.5 Å². The van der Waals surface area contributed by atoms with Gasteiger partial charge in [0.1, 0.15) is 10.7 Å². The highest BCUT2D eigenvalue weighted by molar-refractivity contribution is 7.92. The Kier molecular flexibility index (Phi) is 7.05. The molecule has 182 valence electrons. The maximum absolute atomic E-state index is 13.3. The highest BCUT2D eigenvalue weighted by atomic mass is 32.2. The van der Waals surface area contributed by atoms with Gasteiger partial charge in [-0.1, -0.05) is 12.1 Å². The van der Waals surface area contributed by atoms with E-state index in [1.165, 1.54) is 30.6 Å². The summed E-state index contributed by atoms with van der Waals surface area (Å²) in [4.78, 5) is 17.3. The minimum absolute atomic E-state index is 0.0347. The highest BCUT2D eigenvalue weighted by Crippen LogP contribution is 2.38. The van der Waals surface area contributed by atoms with Crippen molar-refractivity contribution in [1.29, 1.82) is 0 Å². The molecule has 0 saturated carbocycles. The van der Waals surface area contributed by atoms with Crippen LogP contribution in [-0.2, 0) is 40.0 Å². The van der Waals surface area contributed by atoms with Gasteiger partial charge in [0.25, 0.3) is 10.0 Å². The quantitative estimate of drug-likeness (QED) is 0.422. The number of alkyl halides is 6. The number of aromatic nitrogens is 2. The Balaban J connectivity index is 1.76. The molecule has 0 atom stereocenters. The van der Waals surface area contributed by atoms with E-state index in [1.54, 1.807) is 6.20 Å². The number of benzene rings is 2. The van der Waals surface area contributed by atoms with Crippen LogP contribution in [0.15, 0.2) is 59.9 Å². The average molecular weight is 505 g/mol. The molecular formula is C21H17F6N3O3S. The van der Waals surface area contributed by atoms with Crippen molar-refractivity contribution in [1.82, 2.24) is 9.97 Å². The molecule has 0 radical (unpaired) electrons. The van der Waals surface area contributed by atoms with Crippen molar-refractivity contribution in [2.24, 2.45) is 0 Å². The largest absolute Gasteiger partial charge is 0.417 e. The summed E-state index contributed by atoms with van der Waals surface area (Å²) < 4.78 is 106. The average Bonchev–Trinajstić information content (AvgIpc) is 3.25. The van der Waals surface area contributed by atoms with Gasteiger partial charge in [0.2, 0.25) is 0 Å². The molecule has 0 fully saturated rings. The van der Waals surface area contributed by atoms with E-state index in [0.717, 1.165) is 5.69 Å². The van der Waals surface area contributed by atoms with Crippen LogP contribution in [0.3, 0.4) is 0 Å². The van der Waals surface area contributed by atoms with E-state index >= 15 is 0 Å². The maximum atomic E-state index is 13.3. The molecule has 2 aromatic carbocycles. The van der Waals surface area contributed by atoms with Gasteiger partial charge in [0, 0.05) is 30.4 Å². The molecule has 3 rings (SSSR count). The molecule has 0 unspecified atom stereocenters. The van der Waals surface area contributed by atoms with Crippen molar-refractivity contribution < 1.29 is 39.6 Å². The first-order valence-corrected chi connectivity index (χ1v) is 11.1. The number of imidazole rings is 1. The van der Waals surface area contributed by atoms with Crippen LogP contribution in [0.4, 0.5) is 32.0 Å². The predicted octanol–water partition coefficient (Wildman–Crippen LogP) is 4.99. The van der Waals surface area contributed by atoms with Crippen molar-refractivity contribution in [3.63, 3.8) is 0 Å². The fourth-order valence-electron chi connectivity index (χ4n) is 3.07. The summed E-state index contributed by atoms with van der Waals surface area (Å²) in [6.45, 7) is 0. The number of nitrogens with zero attached hydrogens (tertiary/aromatic N) is 1. The second-order valence-electron chi connectivity index (χ2n) is 7.30. The number of aromatic amines is 1. The van der Waals surface area contributed by atoms with E-state index in [4.69, 9.17) is 0 Å². The third kappa shape index (κ3) is 6.37. The number of hydrogen-bond donors (Lipinski definition) is 2. The van der Waals surface area contributed by atoms with Gasteiger partial charge in [0.15, 0.2) is 0 Å². The number of Topliss-reactive ketones (excluding diaryl/α,β-unsaturated/α-hetero) is 1. The Labute approximate surface area is 190 Å². The first kappa shape index (κ1) is 25.3. The molecule has 6 nitrogen and oxygen atoms in total. The third-order valence-electron chi connectivity index (χ3n) is 4.74. The Morgan fingerprint density at radius 2 is 1.65 bits per heavy atom. The van der Waals surface area contributed by atoms with Crippen molar-refractivity contribution in [3.8, 4) is 0 Å². The van der Waals surface area contributed by atoms with Gasteiger partial charge in [-0.05, 0) is 42.3 Å². The number of ketones is 1. The fraction of sp³-hybridized carbons (Fsp3) is 0.238. The number of sulfonamides is 1. The number of carbonyl (C=O) groups excluding carboxylic acids is 1. The molecule has 34 heavy (non-hydrogen) atoms. The van der Waals surface area contributed by atoms with Crippen LogP contribution < -0.4 is 4.72 Å². The number of nitrogens with one attached hydrogen (secondary N) is 2. The summed E-state index contributed by atoms with van der Waals surface area (Å²) in [7, 11) is -5.03. The molecule has 3 aromatic rings. The summed E-state index contributed by atoms with van der Waals surface area (Å²) in [5.41, 5.74) is -2.14. The molecule has 1 aromatic heterocycles. The lowest BCUT2D eigenvalue weighted by molar-refractivity contribution is -0.143. The van der Waals surface area contributed by atoms with Gasteiger partial charge < -0.3 is 4.98 Å². The maximum Gasteiger partial charge on any atom is 0.417 e. The predicted molar refractivity (Wildman–Crippen MR) is 109 cm³/mol. The van der Waals surface area contributed by atoms with E-state index in [2.05, 4.69) is 9.97 Å². The van der Waals surface area contributed by atoms with Gasteiger partial charge in [-0.25, -0.2) is 13.4 Å². The van der Waals surface area contributed by atoms with Crippen molar-refractivity contribution in [2.75, 3.05) is 4.72 Å². The summed E-state index contributed by atoms with van der Waals surface area (Å²) in [6.07, 6.45) is -6.46. The lowest BCUT2D eigenvalue weighted by Crippen LogP contribution is -2.20. The van der Waals surface area contributed by atoms with E-state index in [9.17, 15) is 39.6 Å². The van der Waals surface area contributed by atoms with E-state index in [1.807, 2.05) is 4.72 Å². The smallest absolute Gasteiger partial charge is 0.348 e. The van der Waals surface area contributed by atoms with Crippen LogP contribution in [0, 0.1) is 0 Å². The van der Waals surface area contributed by atoms with Gasteiger partial charge in [-0.15, -0.1) is 0 Å². The Morgan fingerprint density at radius 1 is 0.971 bits per heavy atom. The number of carbonyl (C=O) groups is 1. The first-order valence-electron chi connectivity index (χ1n) is 9.65. The van der Waals surface area contributed by atoms with E-state index < -0.39 is 38.4 Å². The van der Waals surface area contributed by atoms with Crippen LogP contribution in [0.5, 0.6) is 0 Å². The fourth-order valence-corrected chi connectivity index (χ4v) is 4.38. The van der Waals surface area contributed by atoms with E-state index in [0.29, 0.717) is 12.0 Å². The van der Waals surface area contributed by atoms with Gasteiger partial charge in [0.05, 0.1) is 17.5 Å². The number of halogens is 6. The Hall–Kier alpha value is -3.35. The van der Waals surface area contributed by atoms with Crippen LogP contribution in [0.2, 0.25) is 0 Å². The van der Waals surface area contributed by atoms with Gasteiger partial charge >= 0.3 is 12.4 Å². The number of H-pyrrole nitrogens is 1. The van der Waals surface area contributed by atoms with Crippen molar-refractivity contribution in [2.45, 2.75) is 36.5 Å². The lowest BCUT2D eigenvalue weighted by Gasteiger charge is -2.17. The molecule has 13 heteroatoms. The highest BCUT2D eigenvalue weighted by Gasteiger charge is 2.40. The number of anilines is 1. The monoisotopic (exact) mass is 505 g/mol. The Morgan fingerprint density at radius 3 is 2.21 bits per heavy atom. The van der Waals surface area contributed by atoms with Crippen LogP contribution in [0.1, 0.15) is 28.8 Å². The van der Waals surface area contributed by atoms with Crippen LogP contribution >= 0.6 is 0 Å². The van der Waals surface area contributed by atoms with Crippen molar-refractivity contribution >= 4 is 21.5 Å². The number of rotatable bonds is 8. The summed E-state index contributed by atoms with van der Waals surface area (Å²) in [5.74, 6) is -0.110. The van der Waals surface area contributed by atoms with Crippen LogP contribution in [0.25, 0.3) is 0 Å². The second-order valence-corrected chi connectivity index (χ2v) is 8.95. The molecule has 2 N–H and O–H groups in total. The topological polar surface area (TPSA) is 91.9 Å². The summed E-state index contributed by atoms with van der Waals surface area (Å²) >= 11 is 0. The zero-order valence-corrected chi connectivity index (χ0v) is 18.0. The minimum atomic E-state index is -5.20. The molecule has 0 aliphatic carbocycles. The lowest BCUT2D eigenvalue weighted by atomic mass is 10.0. The normalized spacial score (nSPS) is 12.5.